The molecule has 0 atom stereocenters. The van der Waals surface area contributed by atoms with Gasteiger partial charge in [-0.1, -0.05) is 0 Å². The van der Waals surface area contributed by atoms with E-state index in [1.165, 1.54) is 12.1 Å². The van der Waals surface area contributed by atoms with E-state index in [9.17, 15) is 9.18 Å². The molecular weight excluding hydrogens is 209 g/mol. The van der Waals surface area contributed by atoms with Gasteiger partial charge in [-0.3, -0.25) is 4.79 Å². The van der Waals surface area contributed by atoms with Gasteiger partial charge in [0.25, 0.3) is 5.91 Å². The predicted octanol–water partition coefficient (Wildman–Crippen LogP) is 0.334. The molecule has 86 valence electrons. The first-order valence-corrected chi connectivity index (χ1v) is 5.23. The second kappa shape index (κ2) is 4.49. The third-order valence-electron chi connectivity index (χ3n) is 2.70. The highest BCUT2D eigenvalue weighted by Gasteiger charge is 2.14. The summed E-state index contributed by atoms with van der Waals surface area (Å²) >= 11 is 0. The molecule has 5 heteroatoms. The lowest BCUT2D eigenvalue weighted by Gasteiger charge is -2.29. The summed E-state index contributed by atoms with van der Waals surface area (Å²) in [5, 5.41) is 3.22. The van der Waals surface area contributed by atoms with E-state index in [0.29, 0.717) is 0 Å². The van der Waals surface area contributed by atoms with Crippen LogP contribution >= 0.6 is 0 Å². The maximum Gasteiger partial charge on any atom is 0.251 e. The molecule has 0 unspecified atom stereocenters. The maximum absolute atomic E-state index is 13.5. The van der Waals surface area contributed by atoms with Crippen LogP contribution in [0.25, 0.3) is 0 Å². The summed E-state index contributed by atoms with van der Waals surface area (Å²) in [6, 6.07) is 4.54. The number of hydrogen-bond donors (Lipinski definition) is 2. The van der Waals surface area contributed by atoms with Crippen molar-refractivity contribution in [3.8, 4) is 0 Å². The topological polar surface area (TPSA) is 58.4 Å². The number of primary amides is 1. The van der Waals surface area contributed by atoms with Crippen molar-refractivity contribution in [3.05, 3.63) is 29.6 Å². The van der Waals surface area contributed by atoms with E-state index in [1.807, 2.05) is 0 Å². The Kier molecular flexibility index (Phi) is 3.05. The van der Waals surface area contributed by atoms with E-state index < -0.39 is 11.7 Å². The highest BCUT2D eigenvalue weighted by molar-refractivity contribution is 5.93. The van der Waals surface area contributed by atoms with Crippen molar-refractivity contribution >= 4 is 11.6 Å². The number of anilines is 1. The van der Waals surface area contributed by atoms with E-state index in [2.05, 4.69) is 10.2 Å². The number of hydrogen-bond acceptors (Lipinski definition) is 3. The van der Waals surface area contributed by atoms with Gasteiger partial charge in [-0.2, -0.15) is 0 Å². The van der Waals surface area contributed by atoms with Crippen molar-refractivity contribution in [3.63, 3.8) is 0 Å². The lowest BCUT2D eigenvalue weighted by atomic mass is 10.1. The van der Waals surface area contributed by atoms with Gasteiger partial charge in [0.1, 0.15) is 5.82 Å². The second-order valence-corrected chi connectivity index (χ2v) is 3.77. The third-order valence-corrected chi connectivity index (χ3v) is 2.70. The van der Waals surface area contributed by atoms with Gasteiger partial charge in [0, 0.05) is 31.9 Å². The van der Waals surface area contributed by atoms with Crippen LogP contribution in [0.3, 0.4) is 0 Å². The fourth-order valence-electron chi connectivity index (χ4n) is 1.82. The number of carbonyl (C=O) groups is 1. The van der Waals surface area contributed by atoms with Crippen molar-refractivity contribution in [1.82, 2.24) is 5.32 Å². The Balaban J connectivity index is 2.23. The molecule has 16 heavy (non-hydrogen) atoms. The van der Waals surface area contributed by atoms with Gasteiger partial charge in [-0.25, -0.2) is 4.39 Å². The quantitative estimate of drug-likeness (QED) is 0.760. The number of piperazine rings is 1. The summed E-state index contributed by atoms with van der Waals surface area (Å²) in [7, 11) is 0. The van der Waals surface area contributed by atoms with Crippen LogP contribution in [0.1, 0.15) is 10.4 Å². The zero-order chi connectivity index (χ0) is 11.5. The highest BCUT2D eigenvalue weighted by Crippen LogP contribution is 2.18. The minimum atomic E-state index is -0.732. The Morgan fingerprint density at radius 2 is 2.06 bits per heavy atom. The number of benzene rings is 1. The summed E-state index contributed by atoms with van der Waals surface area (Å²) in [4.78, 5) is 12.9. The van der Waals surface area contributed by atoms with Crippen LogP contribution in [0.2, 0.25) is 0 Å². The van der Waals surface area contributed by atoms with E-state index in [1.54, 1.807) is 6.07 Å². The van der Waals surface area contributed by atoms with Crippen LogP contribution < -0.4 is 16.0 Å². The number of nitrogens with two attached hydrogens (primary N) is 1. The Bertz CT molecular complexity index is 402. The summed E-state index contributed by atoms with van der Waals surface area (Å²) in [6.07, 6.45) is 0. The first-order chi connectivity index (χ1) is 7.68. The molecular formula is C11H14FN3O. The average molecular weight is 223 g/mol. The number of rotatable bonds is 2. The summed E-state index contributed by atoms with van der Waals surface area (Å²) in [5.74, 6) is -1.28. The molecule has 3 N–H and O–H groups in total. The van der Waals surface area contributed by atoms with Crippen LogP contribution in [0.4, 0.5) is 10.1 Å². The maximum atomic E-state index is 13.5. The molecule has 1 aliphatic heterocycles. The van der Waals surface area contributed by atoms with Crippen LogP contribution in [0.15, 0.2) is 18.2 Å². The molecule has 1 fully saturated rings. The largest absolute Gasteiger partial charge is 0.369 e. The number of nitrogens with one attached hydrogen (secondary N) is 1. The van der Waals surface area contributed by atoms with Crippen LogP contribution in [-0.4, -0.2) is 32.1 Å². The zero-order valence-electron chi connectivity index (χ0n) is 8.87. The minimum absolute atomic E-state index is 0.0566. The lowest BCUT2D eigenvalue weighted by Crippen LogP contribution is -2.43. The third kappa shape index (κ3) is 2.14. The predicted molar refractivity (Wildman–Crippen MR) is 60.0 cm³/mol. The molecule has 0 aliphatic carbocycles. The molecule has 0 bridgehead atoms. The molecule has 1 aliphatic rings. The van der Waals surface area contributed by atoms with Gasteiger partial charge in [-0.15, -0.1) is 0 Å². The van der Waals surface area contributed by atoms with Crippen molar-refractivity contribution in [2.45, 2.75) is 0 Å². The van der Waals surface area contributed by atoms with Gasteiger partial charge in [-0.05, 0) is 18.2 Å². The first-order valence-electron chi connectivity index (χ1n) is 5.23. The Morgan fingerprint density at radius 1 is 1.38 bits per heavy atom. The molecule has 1 aromatic rings. The number of halogens is 1. The standard InChI is InChI=1S/C11H14FN3O/c12-10-7-8(1-2-9(10)11(13)16)15-5-3-14-4-6-15/h1-2,7,14H,3-6H2,(H2,13,16). The van der Waals surface area contributed by atoms with Crippen molar-refractivity contribution in [2.75, 3.05) is 31.1 Å². The smallest absolute Gasteiger partial charge is 0.251 e. The first kappa shape index (κ1) is 10.9. The Labute approximate surface area is 93.2 Å². The molecule has 0 aromatic heterocycles. The molecule has 1 saturated heterocycles. The molecule has 2 rings (SSSR count). The second-order valence-electron chi connectivity index (χ2n) is 3.77. The van der Waals surface area contributed by atoms with Crippen molar-refractivity contribution in [2.24, 2.45) is 5.73 Å². The van der Waals surface area contributed by atoms with E-state index in [4.69, 9.17) is 5.73 Å². The lowest BCUT2D eigenvalue weighted by molar-refractivity contribution is 0.0996. The molecule has 0 spiro atoms. The molecule has 4 nitrogen and oxygen atoms in total. The van der Waals surface area contributed by atoms with Gasteiger partial charge in [0.2, 0.25) is 0 Å². The zero-order valence-corrected chi connectivity index (χ0v) is 8.87. The van der Waals surface area contributed by atoms with Crippen molar-refractivity contribution < 1.29 is 9.18 Å². The van der Waals surface area contributed by atoms with Gasteiger partial charge in [0.05, 0.1) is 5.56 Å². The van der Waals surface area contributed by atoms with Crippen molar-refractivity contribution in [1.29, 1.82) is 0 Å². The highest BCUT2D eigenvalue weighted by atomic mass is 19.1. The Morgan fingerprint density at radius 3 is 2.62 bits per heavy atom. The van der Waals surface area contributed by atoms with Gasteiger partial charge < -0.3 is 16.0 Å². The molecule has 1 heterocycles. The molecule has 0 radical (unpaired) electrons. The van der Waals surface area contributed by atoms with Crippen LogP contribution in [-0.2, 0) is 0 Å². The van der Waals surface area contributed by atoms with E-state index >= 15 is 0 Å². The molecule has 1 aromatic carbocycles. The van der Waals surface area contributed by atoms with E-state index in [0.717, 1.165) is 31.9 Å². The number of carbonyl (C=O) groups excluding carboxylic acids is 1. The fraction of sp³-hybridized carbons (Fsp3) is 0.364. The van der Waals surface area contributed by atoms with Crippen LogP contribution in [0.5, 0.6) is 0 Å². The minimum Gasteiger partial charge on any atom is -0.369 e. The van der Waals surface area contributed by atoms with Crippen LogP contribution in [0, 0.1) is 5.82 Å². The monoisotopic (exact) mass is 223 g/mol. The summed E-state index contributed by atoms with van der Waals surface area (Å²) in [5.41, 5.74) is 5.78. The molecule has 1 amide bonds. The van der Waals surface area contributed by atoms with E-state index in [-0.39, 0.29) is 5.56 Å². The average Bonchev–Trinajstić information content (AvgIpc) is 2.29. The summed E-state index contributed by atoms with van der Waals surface area (Å²) < 4.78 is 13.5. The number of nitrogens with zero attached hydrogens (tertiary/aromatic N) is 1. The molecule has 0 saturated carbocycles. The Hall–Kier alpha value is -1.62. The fourth-order valence-corrected chi connectivity index (χ4v) is 1.82. The summed E-state index contributed by atoms with van der Waals surface area (Å²) in [6.45, 7) is 3.46. The normalized spacial score (nSPS) is 16.2. The van der Waals surface area contributed by atoms with Gasteiger partial charge >= 0.3 is 0 Å². The number of amides is 1. The SMILES string of the molecule is NC(=O)c1ccc(N2CCNCC2)cc1F. The van der Waals surface area contributed by atoms with Gasteiger partial charge in [0.15, 0.2) is 0 Å².